The van der Waals surface area contributed by atoms with Gasteiger partial charge in [0, 0.05) is 11.9 Å². The number of hydrogen-bond acceptors (Lipinski definition) is 3. The van der Waals surface area contributed by atoms with Gasteiger partial charge < -0.3 is 11.1 Å². The van der Waals surface area contributed by atoms with Crippen LogP contribution in [0.3, 0.4) is 0 Å². The Hall–Kier alpha value is -2.08. The number of anilines is 2. The fourth-order valence-electron chi connectivity index (χ4n) is 1.40. The predicted octanol–water partition coefficient (Wildman–Crippen LogP) is 2.74. The van der Waals surface area contributed by atoms with E-state index in [2.05, 4.69) is 10.3 Å². The highest BCUT2D eigenvalue weighted by Gasteiger charge is 2.08. The molecule has 0 saturated heterocycles. The average Bonchev–Trinajstić information content (AvgIpc) is 2.35. The zero-order valence-electron chi connectivity index (χ0n) is 9.15. The highest BCUT2D eigenvalue weighted by atomic mass is 32.1. The summed E-state index contributed by atoms with van der Waals surface area (Å²) < 4.78 is 26.5. The molecule has 2 rings (SSSR count). The Labute approximate surface area is 108 Å². The van der Waals surface area contributed by atoms with E-state index in [-0.39, 0.29) is 10.7 Å². The molecule has 18 heavy (non-hydrogen) atoms. The Morgan fingerprint density at radius 3 is 2.78 bits per heavy atom. The first-order valence-electron chi connectivity index (χ1n) is 5.05. The smallest absolute Gasteiger partial charge is 0.182 e. The van der Waals surface area contributed by atoms with Gasteiger partial charge in [0.2, 0.25) is 0 Å². The number of nitrogens with one attached hydrogen (secondary N) is 1. The van der Waals surface area contributed by atoms with Gasteiger partial charge in [-0.3, -0.25) is 4.98 Å². The number of nitrogens with two attached hydrogens (primary N) is 1. The van der Waals surface area contributed by atoms with Crippen LogP contribution in [0.15, 0.2) is 36.5 Å². The summed E-state index contributed by atoms with van der Waals surface area (Å²) >= 11 is 4.79. The molecule has 6 heteroatoms. The molecule has 0 aliphatic heterocycles. The Kier molecular flexibility index (Phi) is 3.47. The third kappa shape index (κ3) is 2.60. The molecule has 0 aliphatic rings. The largest absolute Gasteiger partial charge is 0.388 e. The minimum Gasteiger partial charge on any atom is -0.388 e. The average molecular weight is 265 g/mol. The predicted molar refractivity (Wildman–Crippen MR) is 69.8 cm³/mol. The second kappa shape index (κ2) is 5.05. The molecule has 92 valence electrons. The molecule has 1 heterocycles. The summed E-state index contributed by atoms with van der Waals surface area (Å²) in [6, 6.07) is 7.06. The molecule has 2 aromatic rings. The molecule has 1 aromatic heterocycles. The summed E-state index contributed by atoms with van der Waals surface area (Å²) in [5.41, 5.74) is 6.41. The second-order valence-electron chi connectivity index (χ2n) is 3.52. The van der Waals surface area contributed by atoms with Crippen molar-refractivity contribution in [2.24, 2.45) is 5.73 Å². The van der Waals surface area contributed by atoms with Crippen LogP contribution in [0.4, 0.5) is 20.2 Å². The third-order valence-corrected chi connectivity index (χ3v) is 2.45. The van der Waals surface area contributed by atoms with E-state index in [0.717, 1.165) is 6.07 Å². The van der Waals surface area contributed by atoms with E-state index in [1.165, 1.54) is 18.3 Å². The molecule has 1 aromatic carbocycles. The van der Waals surface area contributed by atoms with E-state index < -0.39 is 11.6 Å². The molecular weight excluding hydrogens is 256 g/mol. The van der Waals surface area contributed by atoms with E-state index in [4.69, 9.17) is 18.0 Å². The summed E-state index contributed by atoms with van der Waals surface area (Å²) in [6.45, 7) is 0. The van der Waals surface area contributed by atoms with Crippen LogP contribution in [-0.4, -0.2) is 9.97 Å². The SMILES string of the molecule is NC(=S)c1cc(Nc2cccc(F)c2F)ccn1. The fraction of sp³-hybridized carbons (Fsp3) is 0. The van der Waals surface area contributed by atoms with Gasteiger partial charge in [0.05, 0.1) is 11.4 Å². The van der Waals surface area contributed by atoms with Crippen LogP contribution >= 0.6 is 12.2 Å². The van der Waals surface area contributed by atoms with E-state index in [0.29, 0.717) is 11.4 Å². The van der Waals surface area contributed by atoms with Crippen molar-refractivity contribution in [1.29, 1.82) is 0 Å². The van der Waals surface area contributed by atoms with Crippen molar-refractivity contribution < 1.29 is 8.78 Å². The van der Waals surface area contributed by atoms with Crippen molar-refractivity contribution in [1.82, 2.24) is 4.98 Å². The Morgan fingerprint density at radius 2 is 2.06 bits per heavy atom. The van der Waals surface area contributed by atoms with Gasteiger partial charge in [0.1, 0.15) is 4.99 Å². The van der Waals surface area contributed by atoms with Crippen LogP contribution in [0.2, 0.25) is 0 Å². The molecule has 0 amide bonds. The first-order chi connectivity index (χ1) is 8.58. The summed E-state index contributed by atoms with van der Waals surface area (Å²) in [4.78, 5) is 4.08. The lowest BCUT2D eigenvalue weighted by Gasteiger charge is -2.08. The fourth-order valence-corrected chi connectivity index (χ4v) is 1.51. The zero-order chi connectivity index (χ0) is 13.1. The monoisotopic (exact) mass is 265 g/mol. The summed E-state index contributed by atoms with van der Waals surface area (Å²) in [6.07, 6.45) is 1.48. The van der Waals surface area contributed by atoms with Gasteiger partial charge in [-0.15, -0.1) is 0 Å². The van der Waals surface area contributed by atoms with Gasteiger partial charge in [-0.1, -0.05) is 18.3 Å². The van der Waals surface area contributed by atoms with Crippen molar-refractivity contribution in [2.45, 2.75) is 0 Å². The summed E-state index contributed by atoms with van der Waals surface area (Å²) in [7, 11) is 0. The number of rotatable bonds is 3. The highest BCUT2D eigenvalue weighted by Crippen LogP contribution is 2.21. The van der Waals surface area contributed by atoms with Crippen LogP contribution in [0.25, 0.3) is 0 Å². The molecule has 0 unspecified atom stereocenters. The lowest BCUT2D eigenvalue weighted by molar-refractivity contribution is 0.512. The van der Waals surface area contributed by atoms with Crippen molar-refractivity contribution in [2.75, 3.05) is 5.32 Å². The molecule has 0 radical (unpaired) electrons. The third-order valence-electron chi connectivity index (χ3n) is 2.24. The minimum atomic E-state index is -0.939. The Bertz CT molecular complexity index is 602. The van der Waals surface area contributed by atoms with Crippen molar-refractivity contribution in [3.05, 3.63) is 53.9 Å². The van der Waals surface area contributed by atoms with Gasteiger partial charge in [-0.25, -0.2) is 8.78 Å². The Balaban J connectivity index is 2.31. The van der Waals surface area contributed by atoms with E-state index in [9.17, 15) is 8.78 Å². The molecule has 0 bridgehead atoms. The molecule has 0 fully saturated rings. The summed E-state index contributed by atoms with van der Waals surface area (Å²) in [5.74, 6) is -1.85. The first-order valence-corrected chi connectivity index (χ1v) is 5.45. The number of aromatic nitrogens is 1. The zero-order valence-corrected chi connectivity index (χ0v) is 9.97. The number of nitrogens with zero attached hydrogens (tertiary/aromatic N) is 1. The van der Waals surface area contributed by atoms with E-state index in [1.807, 2.05) is 0 Å². The number of thiocarbonyl (C=S) groups is 1. The van der Waals surface area contributed by atoms with Crippen molar-refractivity contribution >= 4 is 28.6 Å². The van der Waals surface area contributed by atoms with Crippen LogP contribution in [0.5, 0.6) is 0 Å². The van der Waals surface area contributed by atoms with Crippen LogP contribution < -0.4 is 11.1 Å². The molecule has 3 nitrogen and oxygen atoms in total. The number of halogens is 2. The highest BCUT2D eigenvalue weighted by molar-refractivity contribution is 7.80. The van der Waals surface area contributed by atoms with Gasteiger partial charge in [-0.05, 0) is 24.3 Å². The van der Waals surface area contributed by atoms with Crippen LogP contribution in [0, 0.1) is 11.6 Å². The Morgan fingerprint density at radius 1 is 1.28 bits per heavy atom. The number of benzene rings is 1. The summed E-state index contributed by atoms with van der Waals surface area (Å²) in [5, 5.41) is 2.74. The van der Waals surface area contributed by atoms with E-state index >= 15 is 0 Å². The molecular formula is C12H9F2N3S. The quantitative estimate of drug-likeness (QED) is 0.838. The number of hydrogen-bond donors (Lipinski definition) is 2. The normalized spacial score (nSPS) is 10.1. The molecule has 0 spiro atoms. The molecule has 3 N–H and O–H groups in total. The van der Waals surface area contributed by atoms with Gasteiger partial charge in [-0.2, -0.15) is 0 Å². The molecule has 0 aliphatic carbocycles. The maximum Gasteiger partial charge on any atom is 0.182 e. The van der Waals surface area contributed by atoms with Gasteiger partial charge in [0.25, 0.3) is 0 Å². The van der Waals surface area contributed by atoms with Gasteiger partial charge >= 0.3 is 0 Å². The maximum atomic E-state index is 13.4. The lowest BCUT2D eigenvalue weighted by atomic mass is 10.2. The van der Waals surface area contributed by atoms with Crippen LogP contribution in [0.1, 0.15) is 5.69 Å². The minimum absolute atomic E-state index is 0.0371. The molecule has 0 atom stereocenters. The first kappa shape index (κ1) is 12.4. The van der Waals surface area contributed by atoms with Crippen molar-refractivity contribution in [3.63, 3.8) is 0 Å². The van der Waals surface area contributed by atoms with Crippen molar-refractivity contribution in [3.8, 4) is 0 Å². The molecule has 0 saturated carbocycles. The second-order valence-corrected chi connectivity index (χ2v) is 3.96. The standard InChI is InChI=1S/C12H9F2N3S/c13-8-2-1-3-9(11(8)14)17-7-4-5-16-10(6-7)12(15)18/h1-6H,(H2,15,18)(H,16,17). The van der Waals surface area contributed by atoms with E-state index in [1.54, 1.807) is 12.1 Å². The maximum absolute atomic E-state index is 13.4. The van der Waals surface area contributed by atoms with Crippen LogP contribution in [-0.2, 0) is 0 Å². The topological polar surface area (TPSA) is 50.9 Å². The lowest BCUT2D eigenvalue weighted by Crippen LogP contribution is -2.11. The number of pyridine rings is 1. The van der Waals surface area contributed by atoms with Gasteiger partial charge in [0.15, 0.2) is 11.6 Å².